The number of carboxylic acids is 1. The zero-order chi connectivity index (χ0) is 16.5. The van der Waals surface area contributed by atoms with Gasteiger partial charge in [-0.15, -0.1) is 0 Å². The number of hydrogen-bond acceptors (Lipinski definition) is 5. The predicted octanol–water partition coefficient (Wildman–Crippen LogP) is 1.04. The van der Waals surface area contributed by atoms with E-state index in [4.69, 9.17) is 5.11 Å². The summed E-state index contributed by atoms with van der Waals surface area (Å²) in [7, 11) is 0. The molecule has 2 heterocycles. The number of hydrazine groups is 1. The first-order valence-corrected chi connectivity index (χ1v) is 6.83. The van der Waals surface area contributed by atoms with Crippen LogP contribution in [0.1, 0.15) is 18.5 Å². The average Bonchev–Trinajstić information content (AvgIpc) is 2.58. The molecule has 0 spiro atoms. The Morgan fingerprint density at radius 2 is 1.74 bits per heavy atom. The van der Waals surface area contributed by atoms with Crippen molar-refractivity contribution in [2.75, 3.05) is 0 Å². The maximum Gasteiger partial charge on any atom is 0.303 e. The molecule has 0 aliphatic rings. The number of nitrogens with one attached hydrogen (secondary N) is 2. The molecule has 0 fully saturated rings. The average molecular weight is 313 g/mol. The van der Waals surface area contributed by atoms with Crippen molar-refractivity contribution in [3.05, 3.63) is 54.5 Å². The van der Waals surface area contributed by atoms with Gasteiger partial charge in [-0.3, -0.25) is 25.4 Å². The minimum Gasteiger partial charge on any atom is -0.481 e. The van der Waals surface area contributed by atoms with Gasteiger partial charge in [0.25, 0.3) is 0 Å². The first kappa shape index (κ1) is 16.1. The second kappa shape index (κ2) is 8.23. The van der Waals surface area contributed by atoms with E-state index >= 15 is 0 Å². The number of rotatable bonds is 5. The Morgan fingerprint density at radius 1 is 1.00 bits per heavy atom. The van der Waals surface area contributed by atoms with E-state index in [2.05, 4.69) is 25.8 Å². The van der Waals surface area contributed by atoms with Gasteiger partial charge in [-0.25, -0.2) is 9.98 Å². The summed E-state index contributed by atoms with van der Waals surface area (Å²) in [5, 5.41) is 8.57. The molecular formula is C15H15N5O3. The summed E-state index contributed by atoms with van der Waals surface area (Å²) in [5.41, 5.74) is 5.58. The van der Waals surface area contributed by atoms with Crippen molar-refractivity contribution in [1.82, 2.24) is 20.8 Å². The molecule has 23 heavy (non-hydrogen) atoms. The zero-order valence-corrected chi connectivity index (χ0v) is 12.1. The maximum absolute atomic E-state index is 11.6. The summed E-state index contributed by atoms with van der Waals surface area (Å²) >= 11 is 0. The van der Waals surface area contributed by atoms with Gasteiger partial charge >= 0.3 is 5.97 Å². The highest BCUT2D eigenvalue weighted by Gasteiger charge is 2.09. The number of aliphatic carboxylic acids is 1. The van der Waals surface area contributed by atoms with Crippen molar-refractivity contribution >= 4 is 23.5 Å². The highest BCUT2D eigenvalue weighted by Crippen LogP contribution is 2.07. The lowest BCUT2D eigenvalue weighted by Crippen LogP contribution is -2.42. The van der Waals surface area contributed by atoms with Crippen molar-refractivity contribution < 1.29 is 14.7 Å². The van der Waals surface area contributed by atoms with Gasteiger partial charge in [0.1, 0.15) is 5.69 Å². The quantitative estimate of drug-likeness (QED) is 0.431. The SMILES string of the molecule is O=C(O)CCC(=O)NN/C(=N/c1ccccn1)c1ccccn1. The van der Waals surface area contributed by atoms with Crippen LogP contribution in [0.5, 0.6) is 0 Å². The van der Waals surface area contributed by atoms with Crippen LogP contribution in [0.15, 0.2) is 53.8 Å². The summed E-state index contributed by atoms with van der Waals surface area (Å²) < 4.78 is 0. The lowest BCUT2D eigenvalue weighted by atomic mass is 10.3. The number of aromatic nitrogens is 2. The normalized spacial score (nSPS) is 10.9. The minimum atomic E-state index is -1.03. The lowest BCUT2D eigenvalue weighted by molar-refractivity contribution is -0.138. The van der Waals surface area contributed by atoms with Crippen molar-refractivity contribution in [3.63, 3.8) is 0 Å². The van der Waals surface area contributed by atoms with E-state index in [-0.39, 0.29) is 12.8 Å². The molecule has 118 valence electrons. The minimum absolute atomic E-state index is 0.137. The van der Waals surface area contributed by atoms with Crippen LogP contribution in [0.3, 0.4) is 0 Å². The Hall–Kier alpha value is -3.29. The van der Waals surface area contributed by atoms with Crippen LogP contribution in [0.2, 0.25) is 0 Å². The molecule has 0 unspecified atom stereocenters. The van der Waals surface area contributed by atoms with Crippen LogP contribution < -0.4 is 10.9 Å². The van der Waals surface area contributed by atoms with Gasteiger partial charge in [-0.1, -0.05) is 12.1 Å². The molecule has 0 bridgehead atoms. The number of carboxylic acid groups (broad SMARTS) is 1. The van der Waals surface area contributed by atoms with Crippen LogP contribution in [0.25, 0.3) is 0 Å². The number of aliphatic imine (C=N–C) groups is 1. The number of amides is 1. The largest absolute Gasteiger partial charge is 0.481 e. The summed E-state index contributed by atoms with van der Waals surface area (Å²) in [6.45, 7) is 0. The maximum atomic E-state index is 11.6. The molecule has 0 radical (unpaired) electrons. The number of nitrogens with zero attached hydrogens (tertiary/aromatic N) is 3. The van der Waals surface area contributed by atoms with Gasteiger partial charge in [0.2, 0.25) is 5.91 Å². The molecule has 0 saturated carbocycles. The van der Waals surface area contributed by atoms with Crippen LogP contribution in [0, 0.1) is 0 Å². The molecule has 0 aliphatic carbocycles. The van der Waals surface area contributed by atoms with Gasteiger partial charge in [-0.2, -0.15) is 0 Å². The third-order valence-electron chi connectivity index (χ3n) is 2.67. The summed E-state index contributed by atoms with van der Waals surface area (Å²) in [5.74, 6) is -0.752. The fourth-order valence-corrected chi connectivity index (χ4v) is 1.60. The van der Waals surface area contributed by atoms with Gasteiger partial charge in [0, 0.05) is 18.8 Å². The molecule has 0 aliphatic heterocycles. The molecule has 0 aromatic carbocycles. The summed E-state index contributed by atoms with van der Waals surface area (Å²) in [6.07, 6.45) is 2.81. The zero-order valence-electron chi connectivity index (χ0n) is 12.1. The van der Waals surface area contributed by atoms with Gasteiger partial charge in [0.15, 0.2) is 11.7 Å². The van der Waals surface area contributed by atoms with Gasteiger partial charge in [0.05, 0.1) is 6.42 Å². The molecule has 0 saturated heterocycles. The number of hydrogen-bond donors (Lipinski definition) is 3. The van der Waals surface area contributed by atoms with Crippen molar-refractivity contribution in [2.24, 2.45) is 4.99 Å². The molecule has 3 N–H and O–H groups in total. The standard InChI is InChI=1S/C15H15N5O3/c21-13(7-8-14(22)23)19-20-15(11-5-1-3-9-16-11)18-12-6-2-4-10-17-12/h1-6,9-10H,7-8H2,(H,19,21)(H,22,23)(H,17,18,20). The lowest BCUT2D eigenvalue weighted by Gasteiger charge is -2.10. The molecule has 1 amide bonds. The van der Waals surface area contributed by atoms with Crippen LogP contribution in [-0.4, -0.2) is 32.8 Å². The fraction of sp³-hybridized carbons (Fsp3) is 0.133. The molecule has 2 rings (SSSR count). The Bertz CT molecular complexity index is 689. The number of carbonyl (C=O) groups is 2. The highest BCUT2D eigenvalue weighted by molar-refractivity contribution is 5.99. The van der Waals surface area contributed by atoms with E-state index in [1.807, 2.05) is 0 Å². The molecular weight excluding hydrogens is 298 g/mol. The highest BCUT2D eigenvalue weighted by atomic mass is 16.4. The predicted molar refractivity (Wildman–Crippen MR) is 82.8 cm³/mol. The summed E-state index contributed by atoms with van der Waals surface area (Å²) in [6, 6.07) is 10.5. The van der Waals surface area contributed by atoms with Crippen LogP contribution >= 0.6 is 0 Å². The first-order chi connectivity index (χ1) is 11.1. The molecule has 2 aromatic heterocycles. The van der Waals surface area contributed by atoms with Crippen molar-refractivity contribution in [1.29, 1.82) is 0 Å². The number of amidine groups is 1. The smallest absolute Gasteiger partial charge is 0.303 e. The van der Waals surface area contributed by atoms with E-state index in [1.165, 1.54) is 0 Å². The Balaban J connectivity index is 2.10. The van der Waals surface area contributed by atoms with Crippen molar-refractivity contribution in [3.8, 4) is 0 Å². The van der Waals surface area contributed by atoms with E-state index in [0.29, 0.717) is 17.3 Å². The van der Waals surface area contributed by atoms with Crippen LogP contribution in [-0.2, 0) is 9.59 Å². The Labute approximate surface area is 132 Å². The molecule has 8 nitrogen and oxygen atoms in total. The second-order valence-electron chi connectivity index (χ2n) is 4.43. The number of carbonyl (C=O) groups excluding carboxylic acids is 1. The van der Waals surface area contributed by atoms with Crippen molar-refractivity contribution in [2.45, 2.75) is 12.8 Å². The monoisotopic (exact) mass is 313 g/mol. The Morgan fingerprint density at radius 3 is 2.35 bits per heavy atom. The van der Waals surface area contributed by atoms with E-state index in [0.717, 1.165) is 0 Å². The van der Waals surface area contributed by atoms with Crippen LogP contribution in [0.4, 0.5) is 5.82 Å². The third-order valence-corrected chi connectivity index (χ3v) is 2.67. The third kappa shape index (κ3) is 5.54. The van der Waals surface area contributed by atoms with Gasteiger partial charge < -0.3 is 5.11 Å². The number of pyridine rings is 2. The Kier molecular flexibility index (Phi) is 5.75. The summed E-state index contributed by atoms with van der Waals surface area (Å²) in [4.78, 5) is 34.6. The van der Waals surface area contributed by atoms with Gasteiger partial charge in [-0.05, 0) is 24.3 Å². The first-order valence-electron chi connectivity index (χ1n) is 6.83. The molecule has 0 atom stereocenters. The second-order valence-corrected chi connectivity index (χ2v) is 4.43. The van der Waals surface area contributed by atoms with E-state index in [1.54, 1.807) is 48.8 Å². The fourth-order valence-electron chi connectivity index (χ4n) is 1.60. The topological polar surface area (TPSA) is 117 Å². The molecule has 8 heteroatoms. The molecule has 2 aromatic rings. The van der Waals surface area contributed by atoms with E-state index in [9.17, 15) is 9.59 Å². The van der Waals surface area contributed by atoms with E-state index < -0.39 is 11.9 Å².